The lowest BCUT2D eigenvalue weighted by molar-refractivity contribution is -0.162. The molecular weight excluding hydrogens is 370 g/mol. The Kier molecular flexibility index (Phi) is 8.23. The van der Waals surface area contributed by atoms with Crippen molar-refractivity contribution in [1.82, 2.24) is 5.32 Å². The van der Waals surface area contributed by atoms with Crippen LogP contribution in [0.25, 0.3) is 0 Å². The summed E-state index contributed by atoms with van der Waals surface area (Å²) in [6.45, 7) is 7.62. The van der Waals surface area contributed by atoms with Crippen LogP contribution in [0.15, 0.2) is 30.3 Å². The van der Waals surface area contributed by atoms with Gasteiger partial charge in [-0.3, -0.25) is 14.4 Å². The molecule has 1 aliphatic heterocycles. The number of hydrogen-bond acceptors (Lipinski definition) is 5. The Morgan fingerprint density at radius 1 is 1.17 bits per heavy atom. The highest BCUT2D eigenvalue weighted by Crippen LogP contribution is 2.30. The highest BCUT2D eigenvalue weighted by Gasteiger charge is 2.46. The Morgan fingerprint density at radius 3 is 2.48 bits per heavy atom. The zero-order valence-corrected chi connectivity index (χ0v) is 17.9. The number of carbonyl (C=O) groups excluding carboxylic acids is 3. The molecule has 6 heteroatoms. The maximum atomic E-state index is 12.9. The summed E-state index contributed by atoms with van der Waals surface area (Å²) in [6, 6.07) is 8.85. The minimum Gasteiger partial charge on any atom is -0.461 e. The number of unbranched alkanes of at least 4 members (excludes halogenated alkanes) is 2. The second-order valence-corrected chi connectivity index (χ2v) is 8.63. The Hall–Kier alpha value is -2.37. The van der Waals surface area contributed by atoms with E-state index in [0.717, 1.165) is 24.8 Å². The van der Waals surface area contributed by atoms with Crippen molar-refractivity contribution in [1.29, 1.82) is 0 Å². The van der Waals surface area contributed by atoms with Gasteiger partial charge in [0.15, 0.2) is 0 Å². The van der Waals surface area contributed by atoms with E-state index in [1.165, 1.54) is 0 Å². The molecule has 1 N–H and O–H groups in total. The Labute approximate surface area is 173 Å². The number of hydrogen-bond donors (Lipinski definition) is 1. The first kappa shape index (κ1) is 22.9. The maximum absolute atomic E-state index is 12.9. The molecule has 1 aliphatic rings. The van der Waals surface area contributed by atoms with Gasteiger partial charge in [-0.05, 0) is 32.8 Å². The third kappa shape index (κ3) is 7.18. The van der Waals surface area contributed by atoms with E-state index in [4.69, 9.17) is 9.47 Å². The molecule has 1 aromatic carbocycles. The smallest absolute Gasteiger partial charge is 0.312 e. The van der Waals surface area contributed by atoms with Crippen molar-refractivity contribution in [2.24, 2.45) is 11.8 Å². The normalized spacial score (nSPS) is 20.1. The number of amides is 1. The van der Waals surface area contributed by atoms with Crippen LogP contribution in [-0.4, -0.2) is 29.5 Å². The van der Waals surface area contributed by atoms with E-state index in [2.05, 4.69) is 12.2 Å². The monoisotopic (exact) mass is 403 g/mol. The first-order valence-corrected chi connectivity index (χ1v) is 10.4. The SMILES string of the molecule is CCCCCC(C(=O)OCc1ccccc1)C1NC(=O)CC1C(=O)OC(C)(C)C. The standard InChI is InChI=1S/C23H33NO5/c1-5-6-8-13-17(21(26)28-15-16-11-9-7-10-12-16)20-18(14-19(25)24-20)22(27)29-23(2,3)4/h7,9-12,17-18,20H,5-6,8,13-15H2,1-4H3,(H,24,25). The Morgan fingerprint density at radius 2 is 1.86 bits per heavy atom. The van der Waals surface area contributed by atoms with Crippen LogP contribution in [0.3, 0.4) is 0 Å². The second kappa shape index (κ2) is 10.4. The maximum Gasteiger partial charge on any atom is 0.312 e. The molecule has 0 spiro atoms. The quantitative estimate of drug-likeness (QED) is 0.501. The number of esters is 2. The van der Waals surface area contributed by atoms with Crippen LogP contribution in [0.2, 0.25) is 0 Å². The van der Waals surface area contributed by atoms with E-state index in [1.807, 2.05) is 30.3 Å². The van der Waals surface area contributed by atoms with Crippen LogP contribution in [0.1, 0.15) is 65.4 Å². The van der Waals surface area contributed by atoms with Gasteiger partial charge < -0.3 is 14.8 Å². The van der Waals surface area contributed by atoms with Crippen LogP contribution in [-0.2, 0) is 30.5 Å². The van der Waals surface area contributed by atoms with Crippen molar-refractivity contribution < 1.29 is 23.9 Å². The van der Waals surface area contributed by atoms with Crippen molar-refractivity contribution in [3.63, 3.8) is 0 Å². The van der Waals surface area contributed by atoms with Gasteiger partial charge in [0.25, 0.3) is 0 Å². The molecule has 0 aromatic heterocycles. The van der Waals surface area contributed by atoms with Crippen LogP contribution in [0.5, 0.6) is 0 Å². The molecule has 0 radical (unpaired) electrons. The average Bonchev–Trinajstić information content (AvgIpc) is 3.04. The number of nitrogens with one attached hydrogen (secondary N) is 1. The Balaban J connectivity index is 2.13. The molecule has 0 saturated carbocycles. The highest BCUT2D eigenvalue weighted by atomic mass is 16.6. The predicted octanol–water partition coefficient (Wildman–Crippen LogP) is 3.77. The predicted molar refractivity (Wildman–Crippen MR) is 110 cm³/mol. The molecule has 1 aromatic rings. The van der Waals surface area contributed by atoms with Crippen molar-refractivity contribution in [3.05, 3.63) is 35.9 Å². The lowest BCUT2D eigenvalue weighted by Gasteiger charge is -2.28. The first-order chi connectivity index (χ1) is 13.7. The van der Waals surface area contributed by atoms with Gasteiger partial charge in [-0.2, -0.15) is 0 Å². The second-order valence-electron chi connectivity index (χ2n) is 8.63. The summed E-state index contributed by atoms with van der Waals surface area (Å²) in [6.07, 6.45) is 3.41. The van der Waals surface area contributed by atoms with Crippen molar-refractivity contribution in [3.8, 4) is 0 Å². The number of rotatable bonds is 9. The Bertz CT molecular complexity index is 695. The van der Waals surface area contributed by atoms with Crippen molar-refractivity contribution in [2.45, 2.75) is 78.0 Å². The van der Waals surface area contributed by atoms with E-state index in [1.54, 1.807) is 20.8 Å². The molecule has 2 rings (SSSR count). The fourth-order valence-corrected chi connectivity index (χ4v) is 3.55. The minimum atomic E-state index is -0.683. The fraction of sp³-hybridized carbons (Fsp3) is 0.609. The largest absolute Gasteiger partial charge is 0.461 e. The highest BCUT2D eigenvalue weighted by molar-refractivity contribution is 5.89. The fourth-order valence-electron chi connectivity index (χ4n) is 3.55. The number of ether oxygens (including phenoxy) is 2. The van der Waals surface area contributed by atoms with Gasteiger partial charge in [-0.25, -0.2) is 0 Å². The van der Waals surface area contributed by atoms with Gasteiger partial charge in [0.1, 0.15) is 12.2 Å². The summed E-state index contributed by atoms with van der Waals surface area (Å²) >= 11 is 0. The van der Waals surface area contributed by atoms with Gasteiger partial charge in [-0.1, -0.05) is 56.5 Å². The van der Waals surface area contributed by atoms with Gasteiger partial charge in [-0.15, -0.1) is 0 Å². The van der Waals surface area contributed by atoms with Crippen molar-refractivity contribution >= 4 is 17.8 Å². The summed E-state index contributed by atoms with van der Waals surface area (Å²) < 4.78 is 11.1. The van der Waals surface area contributed by atoms with E-state index < -0.39 is 29.4 Å². The summed E-state index contributed by atoms with van der Waals surface area (Å²) in [4.78, 5) is 37.7. The first-order valence-electron chi connectivity index (χ1n) is 10.4. The van der Waals surface area contributed by atoms with E-state index >= 15 is 0 Å². The van der Waals surface area contributed by atoms with E-state index in [9.17, 15) is 14.4 Å². The average molecular weight is 404 g/mol. The third-order valence-corrected chi connectivity index (χ3v) is 4.95. The molecule has 0 bridgehead atoms. The molecule has 1 amide bonds. The molecule has 160 valence electrons. The van der Waals surface area contributed by atoms with Gasteiger partial charge >= 0.3 is 11.9 Å². The van der Waals surface area contributed by atoms with Crippen LogP contribution in [0, 0.1) is 11.8 Å². The molecule has 0 aliphatic carbocycles. The van der Waals surface area contributed by atoms with Crippen LogP contribution >= 0.6 is 0 Å². The summed E-state index contributed by atoms with van der Waals surface area (Å²) in [7, 11) is 0. The third-order valence-electron chi connectivity index (χ3n) is 4.95. The molecule has 3 unspecified atom stereocenters. The molecule has 1 heterocycles. The zero-order chi connectivity index (χ0) is 21.4. The lowest BCUT2D eigenvalue weighted by Crippen LogP contribution is -2.44. The topological polar surface area (TPSA) is 81.7 Å². The lowest BCUT2D eigenvalue weighted by atomic mass is 9.85. The van der Waals surface area contributed by atoms with E-state index in [-0.39, 0.29) is 24.9 Å². The van der Waals surface area contributed by atoms with Crippen LogP contribution < -0.4 is 5.32 Å². The molecule has 29 heavy (non-hydrogen) atoms. The summed E-state index contributed by atoms with van der Waals surface area (Å²) in [5.41, 5.74) is 0.242. The summed E-state index contributed by atoms with van der Waals surface area (Å²) in [5.74, 6) is -2.32. The number of benzene rings is 1. The molecule has 3 atom stereocenters. The van der Waals surface area contributed by atoms with Gasteiger partial charge in [0, 0.05) is 6.42 Å². The van der Waals surface area contributed by atoms with E-state index in [0.29, 0.717) is 6.42 Å². The molecule has 1 fully saturated rings. The molecule has 6 nitrogen and oxygen atoms in total. The van der Waals surface area contributed by atoms with Crippen molar-refractivity contribution in [2.75, 3.05) is 0 Å². The minimum absolute atomic E-state index is 0.0375. The molecule has 1 saturated heterocycles. The summed E-state index contributed by atoms with van der Waals surface area (Å²) in [5, 5.41) is 2.84. The van der Waals surface area contributed by atoms with Crippen LogP contribution in [0.4, 0.5) is 0 Å². The number of carbonyl (C=O) groups is 3. The molecular formula is C23H33NO5. The zero-order valence-electron chi connectivity index (χ0n) is 17.9. The van der Waals surface area contributed by atoms with Gasteiger partial charge in [0.05, 0.1) is 17.9 Å². The van der Waals surface area contributed by atoms with Gasteiger partial charge in [0.2, 0.25) is 5.91 Å².